The quantitative estimate of drug-likeness (QED) is 0.782. The number of ether oxygens (including phenoxy) is 2. The Balaban J connectivity index is 1.95. The third kappa shape index (κ3) is 3.73. The van der Waals surface area contributed by atoms with Gasteiger partial charge >= 0.3 is 0 Å². The third-order valence-corrected chi connectivity index (χ3v) is 5.78. The molecule has 2 aromatic carbocycles. The fraction of sp³-hybridized carbons (Fsp3) is 0.400. The molecule has 2 atom stereocenters. The molecule has 0 N–H and O–H groups in total. The summed E-state index contributed by atoms with van der Waals surface area (Å²) in [4.78, 5) is 0. The SMILES string of the molecule is CCOCC1SCC(c2ccccc2)Cc2cccc(OC)c21. The number of rotatable bonds is 5. The third-order valence-electron chi connectivity index (χ3n) is 4.41. The summed E-state index contributed by atoms with van der Waals surface area (Å²) in [5.41, 5.74) is 4.14. The van der Waals surface area contributed by atoms with Gasteiger partial charge in [-0.1, -0.05) is 42.5 Å². The van der Waals surface area contributed by atoms with E-state index in [4.69, 9.17) is 9.47 Å². The van der Waals surface area contributed by atoms with Crippen molar-refractivity contribution in [3.8, 4) is 5.75 Å². The molecule has 23 heavy (non-hydrogen) atoms. The van der Waals surface area contributed by atoms with Crippen LogP contribution in [0.25, 0.3) is 0 Å². The van der Waals surface area contributed by atoms with Crippen molar-refractivity contribution in [2.75, 3.05) is 26.1 Å². The van der Waals surface area contributed by atoms with Crippen LogP contribution in [0.3, 0.4) is 0 Å². The Hall–Kier alpha value is -1.45. The smallest absolute Gasteiger partial charge is 0.123 e. The Morgan fingerprint density at radius 2 is 1.91 bits per heavy atom. The van der Waals surface area contributed by atoms with Crippen LogP contribution in [-0.2, 0) is 11.2 Å². The van der Waals surface area contributed by atoms with E-state index in [0.717, 1.165) is 31.1 Å². The second-order valence-electron chi connectivity index (χ2n) is 5.83. The molecule has 2 aromatic rings. The average molecular weight is 328 g/mol. The van der Waals surface area contributed by atoms with Gasteiger partial charge in [0.1, 0.15) is 5.75 Å². The molecule has 1 heterocycles. The minimum atomic E-state index is 0.342. The highest BCUT2D eigenvalue weighted by molar-refractivity contribution is 7.99. The molecule has 0 aliphatic carbocycles. The number of benzene rings is 2. The standard InChI is InChI=1S/C20H24O2S/c1-3-22-13-19-20-16(10-7-11-18(20)21-2)12-17(14-23-19)15-8-5-4-6-9-15/h4-11,17,19H,3,12-14H2,1-2H3. The van der Waals surface area contributed by atoms with Crippen molar-refractivity contribution in [3.05, 3.63) is 65.2 Å². The van der Waals surface area contributed by atoms with E-state index < -0.39 is 0 Å². The van der Waals surface area contributed by atoms with Gasteiger partial charge in [0.2, 0.25) is 0 Å². The molecule has 122 valence electrons. The van der Waals surface area contributed by atoms with Crippen molar-refractivity contribution in [1.82, 2.24) is 0 Å². The van der Waals surface area contributed by atoms with Crippen LogP contribution in [0, 0.1) is 0 Å². The normalized spacial score (nSPS) is 20.6. The van der Waals surface area contributed by atoms with E-state index in [1.165, 1.54) is 16.7 Å². The van der Waals surface area contributed by atoms with Crippen molar-refractivity contribution in [2.24, 2.45) is 0 Å². The van der Waals surface area contributed by atoms with Gasteiger partial charge in [-0.05, 0) is 36.5 Å². The lowest BCUT2D eigenvalue weighted by Crippen LogP contribution is -2.07. The molecule has 0 spiro atoms. The molecule has 0 saturated heterocycles. The Bertz CT molecular complexity index is 627. The number of fused-ring (bicyclic) bond motifs is 1. The van der Waals surface area contributed by atoms with E-state index in [0.29, 0.717) is 11.2 Å². The average Bonchev–Trinajstić information content (AvgIpc) is 2.80. The van der Waals surface area contributed by atoms with Gasteiger partial charge in [0.25, 0.3) is 0 Å². The largest absolute Gasteiger partial charge is 0.496 e. The van der Waals surface area contributed by atoms with Gasteiger partial charge in [-0.3, -0.25) is 0 Å². The van der Waals surface area contributed by atoms with Crippen LogP contribution >= 0.6 is 11.8 Å². The van der Waals surface area contributed by atoms with Crippen LogP contribution in [0.15, 0.2) is 48.5 Å². The summed E-state index contributed by atoms with van der Waals surface area (Å²) < 4.78 is 11.4. The summed E-state index contributed by atoms with van der Waals surface area (Å²) in [6.45, 7) is 3.55. The number of methoxy groups -OCH3 is 1. The highest BCUT2D eigenvalue weighted by Gasteiger charge is 2.27. The molecule has 1 aliphatic rings. The van der Waals surface area contributed by atoms with E-state index in [2.05, 4.69) is 55.5 Å². The van der Waals surface area contributed by atoms with E-state index >= 15 is 0 Å². The van der Waals surface area contributed by atoms with Gasteiger partial charge in [0.15, 0.2) is 0 Å². The van der Waals surface area contributed by atoms with Gasteiger partial charge in [0, 0.05) is 17.9 Å². The van der Waals surface area contributed by atoms with Gasteiger partial charge in [0.05, 0.1) is 19.0 Å². The summed E-state index contributed by atoms with van der Waals surface area (Å²) in [5.74, 6) is 2.65. The lowest BCUT2D eigenvalue weighted by Gasteiger charge is -2.19. The monoisotopic (exact) mass is 328 g/mol. The Morgan fingerprint density at radius 3 is 2.65 bits per heavy atom. The molecule has 0 amide bonds. The lowest BCUT2D eigenvalue weighted by molar-refractivity contribution is 0.148. The number of hydrogen-bond donors (Lipinski definition) is 0. The first-order valence-electron chi connectivity index (χ1n) is 8.23. The van der Waals surface area contributed by atoms with Gasteiger partial charge < -0.3 is 9.47 Å². The highest BCUT2D eigenvalue weighted by Crippen LogP contribution is 2.44. The number of thioether (sulfide) groups is 1. The predicted octanol–water partition coefficient (Wildman–Crippen LogP) is 4.85. The molecule has 3 heteroatoms. The van der Waals surface area contributed by atoms with Crippen LogP contribution in [0.4, 0.5) is 0 Å². The van der Waals surface area contributed by atoms with Crippen LogP contribution in [-0.4, -0.2) is 26.1 Å². The zero-order valence-corrected chi connectivity index (χ0v) is 14.6. The van der Waals surface area contributed by atoms with Gasteiger partial charge in [-0.2, -0.15) is 11.8 Å². The van der Waals surface area contributed by atoms with Crippen LogP contribution in [0.5, 0.6) is 5.75 Å². The Morgan fingerprint density at radius 1 is 1.09 bits per heavy atom. The molecule has 0 aromatic heterocycles. The van der Waals surface area contributed by atoms with Crippen molar-refractivity contribution in [2.45, 2.75) is 24.5 Å². The van der Waals surface area contributed by atoms with E-state index in [9.17, 15) is 0 Å². The first-order valence-corrected chi connectivity index (χ1v) is 9.28. The number of hydrogen-bond acceptors (Lipinski definition) is 3. The Kier molecular flexibility index (Phi) is 5.63. The molecule has 0 fully saturated rings. The minimum Gasteiger partial charge on any atom is -0.496 e. The second kappa shape index (κ2) is 7.89. The fourth-order valence-corrected chi connectivity index (χ4v) is 4.65. The zero-order chi connectivity index (χ0) is 16.1. The summed E-state index contributed by atoms with van der Waals surface area (Å²) in [7, 11) is 1.76. The van der Waals surface area contributed by atoms with E-state index in [1.807, 2.05) is 11.8 Å². The van der Waals surface area contributed by atoms with Crippen LogP contribution in [0.1, 0.15) is 34.8 Å². The van der Waals surface area contributed by atoms with Crippen molar-refractivity contribution < 1.29 is 9.47 Å². The fourth-order valence-electron chi connectivity index (χ4n) is 3.25. The molecule has 2 unspecified atom stereocenters. The summed E-state index contributed by atoms with van der Waals surface area (Å²) in [6, 6.07) is 17.3. The highest BCUT2D eigenvalue weighted by atomic mass is 32.2. The van der Waals surface area contributed by atoms with E-state index in [-0.39, 0.29) is 0 Å². The zero-order valence-electron chi connectivity index (χ0n) is 13.8. The van der Waals surface area contributed by atoms with Crippen molar-refractivity contribution >= 4 is 11.8 Å². The summed E-state index contributed by atoms with van der Waals surface area (Å²) in [6.07, 6.45) is 1.06. The maximum atomic E-state index is 5.75. The molecule has 0 bridgehead atoms. The molecule has 2 nitrogen and oxygen atoms in total. The first kappa shape index (κ1) is 16.4. The molecule has 0 saturated carbocycles. The minimum absolute atomic E-state index is 0.342. The first-order chi connectivity index (χ1) is 11.3. The van der Waals surface area contributed by atoms with Gasteiger partial charge in [-0.25, -0.2) is 0 Å². The van der Waals surface area contributed by atoms with Crippen molar-refractivity contribution in [1.29, 1.82) is 0 Å². The molecule has 1 aliphatic heterocycles. The van der Waals surface area contributed by atoms with Crippen LogP contribution < -0.4 is 4.74 Å². The van der Waals surface area contributed by atoms with Crippen molar-refractivity contribution in [3.63, 3.8) is 0 Å². The summed E-state index contributed by atoms with van der Waals surface area (Å²) >= 11 is 1.99. The molecular weight excluding hydrogens is 304 g/mol. The molecule has 0 radical (unpaired) electrons. The summed E-state index contributed by atoms with van der Waals surface area (Å²) in [5, 5.41) is 0.342. The topological polar surface area (TPSA) is 18.5 Å². The second-order valence-corrected chi connectivity index (χ2v) is 7.06. The predicted molar refractivity (Wildman–Crippen MR) is 97.6 cm³/mol. The molecule has 3 rings (SSSR count). The van der Waals surface area contributed by atoms with E-state index in [1.54, 1.807) is 7.11 Å². The van der Waals surface area contributed by atoms with Gasteiger partial charge in [-0.15, -0.1) is 0 Å². The lowest BCUT2D eigenvalue weighted by atomic mass is 9.90. The Labute approximate surface area is 143 Å². The maximum absolute atomic E-state index is 5.75. The van der Waals surface area contributed by atoms with Crippen LogP contribution in [0.2, 0.25) is 0 Å². The maximum Gasteiger partial charge on any atom is 0.123 e. The molecular formula is C20H24O2S.